The number of para-hydroxylation sites is 3. The monoisotopic (exact) mass is 652 g/mol. The maximum atomic E-state index is 3.60. The van der Waals surface area contributed by atoms with Crippen LogP contribution in [0.5, 0.6) is 0 Å². The lowest BCUT2D eigenvalue weighted by Crippen LogP contribution is -2.19. The summed E-state index contributed by atoms with van der Waals surface area (Å²) in [5.74, 6) is 7.18. The summed E-state index contributed by atoms with van der Waals surface area (Å²) in [6.07, 6.45) is 9.69. The average Bonchev–Trinajstić information content (AvgIpc) is 3.35. The van der Waals surface area contributed by atoms with Gasteiger partial charge in [-0.1, -0.05) is 145 Å². The van der Waals surface area contributed by atoms with Crippen LogP contribution >= 0.6 is 0 Å². The van der Waals surface area contributed by atoms with Crippen LogP contribution in [-0.4, -0.2) is 4.57 Å². The van der Waals surface area contributed by atoms with E-state index in [0.29, 0.717) is 6.42 Å². The Bertz CT molecular complexity index is 2540. The van der Waals surface area contributed by atoms with Crippen molar-refractivity contribution in [2.75, 3.05) is 4.90 Å². The molecule has 1 aromatic heterocycles. The Labute approximate surface area is 300 Å². The van der Waals surface area contributed by atoms with Crippen LogP contribution < -0.4 is 4.90 Å². The second-order valence-electron chi connectivity index (χ2n) is 13.1. The van der Waals surface area contributed by atoms with Crippen LogP contribution in [0.25, 0.3) is 44.9 Å². The molecule has 0 radical (unpaired) electrons. The molecule has 7 aromatic rings. The van der Waals surface area contributed by atoms with Crippen molar-refractivity contribution in [2.45, 2.75) is 19.3 Å². The first-order chi connectivity index (χ1) is 25.3. The summed E-state index contributed by atoms with van der Waals surface area (Å²) in [5.41, 5.74) is 15.4. The van der Waals surface area contributed by atoms with E-state index in [2.05, 4.69) is 203 Å². The third-order valence-corrected chi connectivity index (χ3v) is 9.91. The summed E-state index contributed by atoms with van der Waals surface area (Å²) in [6.45, 7) is 0. The first-order valence-corrected chi connectivity index (χ1v) is 17.7. The van der Waals surface area contributed by atoms with E-state index in [1.54, 1.807) is 0 Å². The van der Waals surface area contributed by atoms with Gasteiger partial charge in [-0.3, -0.25) is 0 Å². The molecule has 0 atom stereocenters. The van der Waals surface area contributed by atoms with Crippen molar-refractivity contribution in [1.82, 2.24) is 4.57 Å². The van der Waals surface area contributed by atoms with Crippen molar-refractivity contribution in [1.29, 1.82) is 0 Å². The zero-order valence-corrected chi connectivity index (χ0v) is 28.3. The lowest BCUT2D eigenvalue weighted by atomic mass is 9.94. The molecule has 0 saturated carbocycles. The number of hydrogen-bond acceptors (Lipinski definition) is 1. The molecule has 6 aromatic carbocycles. The second kappa shape index (κ2) is 13.4. The Morgan fingerprint density at radius 2 is 1.27 bits per heavy atom. The van der Waals surface area contributed by atoms with Crippen molar-refractivity contribution in [3.8, 4) is 28.7 Å². The van der Waals surface area contributed by atoms with Gasteiger partial charge in [0.1, 0.15) is 0 Å². The molecule has 242 valence electrons. The largest absolute Gasteiger partial charge is 0.314 e. The van der Waals surface area contributed by atoms with Crippen LogP contribution in [0.2, 0.25) is 0 Å². The number of fused-ring (bicyclic) bond motifs is 3. The van der Waals surface area contributed by atoms with Crippen molar-refractivity contribution in [3.05, 3.63) is 204 Å². The van der Waals surface area contributed by atoms with E-state index in [9.17, 15) is 0 Å². The molecule has 0 unspecified atom stereocenters. The number of allylic oxidation sites excluding steroid dienone is 5. The number of anilines is 2. The molecule has 9 rings (SSSR count). The Kier molecular flexibility index (Phi) is 8.01. The SMILES string of the molecule is C1#Cc2c(n(-c3ccccc3)c3ccccc23)C=C(c2ccccc2N(C2=CC(c3ccccc3)=CCC2)c2cccc(-c3ccccc3)c2)C1. The predicted molar refractivity (Wildman–Crippen MR) is 215 cm³/mol. The standard InChI is InChI=1S/C49H36N2/c1-4-17-36(18-5-1)38-21-14-26-42(33-38)50(43-27-15-22-39(34-43)37-19-6-2-7-20-37)47-31-12-10-28-44(47)40-23-16-30-46-45-29-11-13-32-48(45)51(49(46)35-40)41-24-8-3-9-25-41/h1-14,17-22,24-26,28-29,31-35H,15,23,27H2. The van der Waals surface area contributed by atoms with Gasteiger partial charge in [-0.2, -0.15) is 0 Å². The highest BCUT2D eigenvalue weighted by atomic mass is 15.2. The lowest BCUT2D eigenvalue weighted by Gasteiger charge is -2.32. The van der Waals surface area contributed by atoms with Gasteiger partial charge in [-0.15, -0.1) is 0 Å². The van der Waals surface area contributed by atoms with Crippen LogP contribution in [0.1, 0.15) is 41.6 Å². The first kappa shape index (κ1) is 30.5. The van der Waals surface area contributed by atoms with E-state index < -0.39 is 0 Å². The van der Waals surface area contributed by atoms with Crippen molar-refractivity contribution >= 4 is 39.5 Å². The minimum Gasteiger partial charge on any atom is -0.314 e. The Morgan fingerprint density at radius 1 is 0.588 bits per heavy atom. The van der Waals surface area contributed by atoms with E-state index >= 15 is 0 Å². The summed E-state index contributed by atoms with van der Waals surface area (Å²) in [5, 5.41) is 1.18. The minimum absolute atomic E-state index is 0.654. The van der Waals surface area contributed by atoms with Gasteiger partial charge >= 0.3 is 0 Å². The van der Waals surface area contributed by atoms with Crippen LogP contribution in [0.15, 0.2) is 182 Å². The average molecular weight is 653 g/mol. The molecule has 2 nitrogen and oxygen atoms in total. The van der Waals surface area contributed by atoms with Crippen LogP contribution in [0.4, 0.5) is 11.4 Å². The fourth-order valence-electron chi connectivity index (χ4n) is 7.55. The van der Waals surface area contributed by atoms with Gasteiger partial charge < -0.3 is 9.47 Å². The molecule has 0 bridgehead atoms. The van der Waals surface area contributed by atoms with Crippen molar-refractivity contribution in [3.63, 3.8) is 0 Å². The normalized spacial score (nSPS) is 13.6. The first-order valence-electron chi connectivity index (χ1n) is 17.7. The fraction of sp³-hybridized carbons (Fsp3) is 0.0612. The maximum Gasteiger partial charge on any atom is 0.0628 e. The molecular weight excluding hydrogens is 617 g/mol. The van der Waals surface area contributed by atoms with Crippen molar-refractivity contribution in [2.24, 2.45) is 0 Å². The summed E-state index contributed by atoms with van der Waals surface area (Å²) in [7, 11) is 0. The lowest BCUT2D eigenvalue weighted by molar-refractivity contribution is 0.920. The molecule has 0 saturated heterocycles. The summed E-state index contributed by atoms with van der Waals surface area (Å²) < 4.78 is 2.37. The highest BCUT2D eigenvalue weighted by Crippen LogP contribution is 2.43. The van der Waals surface area contributed by atoms with Gasteiger partial charge in [-0.25, -0.2) is 0 Å². The smallest absolute Gasteiger partial charge is 0.0628 e. The molecule has 0 spiro atoms. The summed E-state index contributed by atoms with van der Waals surface area (Å²) in [4.78, 5) is 2.49. The van der Waals surface area contributed by atoms with Crippen LogP contribution in [0.3, 0.4) is 0 Å². The maximum absolute atomic E-state index is 3.60. The zero-order chi connectivity index (χ0) is 34.0. The predicted octanol–water partition coefficient (Wildman–Crippen LogP) is 12.5. The van der Waals surface area contributed by atoms with Crippen LogP contribution in [-0.2, 0) is 0 Å². The Hall–Kier alpha value is -6.56. The number of nitrogens with zero attached hydrogens (tertiary/aromatic N) is 2. The van der Waals surface area contributed by atoms with Gasteiger partial charge in [0.15, 0.2) is 0 Å². The molecule has 0 N–H and O–H groups in total. The number of rotatable bonds is 7. The van der Waals surface area contributed by atoms with Gasteiger partial charge in [-0.05, 0) is 89.2 Å². The second-order valence-corrected chi connectivity index (χ2v) is 13.1. The van der Waals surface area contributed by atoms with E-state index in [1.165, 1.54) is 50.0 Å². The quantitative estimate of drug-likeness (QED) is 0.156. The summed E-state index contributed by atoms with van der Waals surface area (Å²) in [6, 6.07) is 58.5. The van der Waals surface area contributed by atoms with E-state index in [4.69, 9.17) is 0 Å². The fourth-order valence-corrected chi connectivity index (χ4v) is 7.55. The molecule has 51 heavy (non-hydrogen) atoms. The minimum atomic E-state index is 0.654. The number of aromatic nitrogens is 1. The number of hydrogen-bond donors (Lipinski definition) is 0. The highest BCUT2D eigenvalue weighted by Gasteiger charge is 2.24. The van der Waals surface area contributed by atoms with Crippen LogP contribution in [0, 0.1) is 11.8 Å². The number of benzene rings is 6. The topological polar surface area (TPSA) is 8.17 Å². The van der Waals surface area contributed by atoms with Gasteiger partial charge in [0.25, 0.3) is 0 Å². The third kappa shape index (κ3) is 5.80. The van der Waals surface area contributed by atoms with Gasteiger partial charge in [0.2, 0.25) is 0 Å². The van der Waals surface area contributed by atoms with E-state index in [0.717, 1.165) is 41.2 Å². The molecule has 2 aliphatic rings. The Balaban J connectivity index is 1.24. The third-order valence-electron chi connectivity index (χ3n) is 9.91. The molecule has 2 heteroatoms. The van der Waals surface area contributed by atoms with Gasteiger partial charge in [0, 0.05) is 34.4 Å². The molecule has 2 aliphatic carbocycles. The van der Waals surface area contributed by atoms with E-state index in [-0.39, 0.29) is 0 Å². The zero-order valence-electron chi connectivity index (χ0n) is 28.3. The molecular formula is C49H36N2. The Morgan fingerprint density at radius 3 is 2.10 bits per heavy atom. The highest BCUT2D eigenvalue weighted by molar-refractivity contribution is 5.99. The van der Waals surface area contributed by atoms with Gasteiger partial charge in [0.05, 0.1) is 22.5 Å². The molecule has 0 fully saturated rings. The molecule has 1 heterocycles. The summed E-state index contributed by atoms with van der Waals surface area (Å²) >= 11 is 0. The van der Waals surface area contributed by atoms with Crippen molar-refractivity contribution < 1.29 is 0 Å². The molecule has 0 aliphatic heterocycles. The van der Waals surface area contributed by atoms with E-state index in [1.807, 2.05) is 0 Å². The molecule has 0 amide bonds.